The number of benzene rings is 2. The van der Waals surface area contributed by atoms with E-state index in [2.05, 4.69) is 10.3 Å². The molecule has 5 nitrogen and oxygen atoms in total. The maximum absolute atomic E-state index is 12.3. The van der Waals surface area contributed by atoms with Gasteiger partial charge in [0.2, 0.25) is 5.91 Å². The first-order valence-electron chi connectivity index (χ1n) is 8.22. The minimum atomic E-state index is -0.452. The van der Waals surface area contributed by atoms with Crippen molar-refractivity contribution in [1.29, 1.82) is 0 Å². The van der Waals surface area contributed by atoms with E-state index in [4.69, 9.17) is 4.74 Å². The Morgan fingerprint density at radius 3 is 2.65 bits per heavy atom. The second kappa shape index (κ2) is 8.49. The molecule has 2 aromatic carbocycles. The molecule has 0 radical (unpaired) electrons. The van der Waals surface area contributed by atoms with E-state index in [1.807, 2.05) is 36.4 Å². The van der Waals surface area contributed by atoms with Crippen molar-refractivity contribution in [1.82, 2.24) is 4.98 Å². The molecule has 0 fully saturated rings. The molecule has 0 saturated carbocycles. The number of para-hydroxylation sites is 2. The van der Waals surface area contributed by atoms with Crippen LogP contribution in [0.15, 0.2) is 65.7 Å². The van der Waals surface area contributed by atoms with Crippen LogP contribution in [0.3, 0.4) is 0 Å². The van der Waals surface area contributed by atoms with Gasteiger partial charge in [-0.2, -0.15) is 0 Å². The lowest BCUT2D eigenvalue weighted by Gasteiger charge is -2.10. The Kier molecular flexibility index (Phi) is 5.86. The molecule has 0 bridgehead atoms. The van der Waals surface area contributed by atoms with Gasteiger partial charge in [-0.3, -0.25) is 4.79 Å². The number of anilines is 1. The fraction of sp³-hybridized carbons (Fsp3) is 0.150. The summed E-state index contributed by atoms with van der Waals surface area (Å²) < 4.78 is 5.01. The van der Waals surface area contributed by atoms with E-state index in [0.717, 1.165) is 15.9 Å². The number of thioether (sulfide) groups is 1. The molecular weight excluding hydrogens is 348 g/mol. The highest BCUT2D eigenvalue weighted by atomic mass is 32.2. The summed E-state index contributed by atoms with van der Waals surface area (Å²) in [5.41, 5.74) is 1.69. The molecule has 0 saturated heterocycles. The number of rotatable bonds is 6. The van der Waals surface area contributed by atoms with Crippen molar-refractivity contribution >= 4 is 40.2 Å². The maximum atomic E-state index is 12.3. The Bertz CT molecular complexity index is 943. The number of esters is 1. The Morgan fingerprint density at radius 2 is 1.81 bits per heavy atom. The predicted molar refractivity (Wildman–Crippen MR) is 103 cm³/mol. The molecule has 1 aromatic heterocycles. The van der Waals surface area contributed by atoms with Gasteiger partial charge in [0.15, 0.2) is 0 Å². The van der Waals surface area contributed by atoms with Crippen LogP contribution < -0.4 is 5.32 Å². The van der Waals surface area contributed by atoms with Gasteiger partial charge in [0.05, 0.1) is 34.2 Å². The van der Waals surface area contributed by atoms with Crippen LogP contribution in [0, 0.1) is 0 Å². The summed E-state index contributed by atoms with van der Waals surface area (Å²) in [6, 6.07) is 18.5. The van der Waals surface area contributed by atoms with Crippen LogP contribution in [0.4, 0.5) is 5.69 Å². The molecule has 132 valence electrons. The van der Waals surface area contributed by atoms with E-state index in [0.29, 0.717) is 11.3 Å². The van der Waals surface area contributed by atoms with Gasteiger partial charge in [-0.15, -0.1) is 0 Å². The lowest BCUT2D eigenvalue weighted by atomic mass is 10.2. The van der Waals surface area contributed by atoms with Crippen molar-refractivity contribution < 1.29 is 14.3 Å². The summed E-state index contributed by atoms with van der Waals surface area (Å²) in [6.07, 6.45) is 0. The third-order valence-electron chi connectivity index (χ3n) is 3.62. The molecule has 3 aromatic rings. The second-order valence-corrected chi connectivity index (χ2v) is 6.44. The van der Waals surface area contributed by atoms with Gasteiger partial charge < -0.3 is 10.1 Å². The minimum absolute atomic E-state index is 0.197. The van der Waals surface area contributed by atoms with E-state index in [1.54, 1.807) is 31.2 Å². The van der Waals surface area contributed by atoms with Crippen molar-refractivity contribution in [2.24, 2.45) is 0 Å². The van der Waals surface area contributed by atoms with E-state index >= 15 is 0 Å². The third-order valence-corrected chi connectivity index (χ3v) is 4.55. The van der Waals surface area contributed by atoms with Gasteiger partial charge in [0, 0.05) is 5.39 Å². The van der Waals surface area contributed by atoms with Crippen LogP contribution in [0.2, 0.25) is 0 Å². The number of pyridine rings is 1. The lowest BCUT2D eigenvalue weighted by Crippen LogP contribution is -2.17. The number of amides is 1. The van der Waals surface area contributed by atoms with Crippen LogP contribution in [0.5, 0.6) is 0 Å². The van der Waals surface area contributed by atoms with E-state index < -0.39 is 5.97 Å². The summed E-state index contributed by atoms with van der Waals surface area (Å²) in [5, 5.41) is 4.60. The van der Waals surface area contributed by atoms with Gasteiger partial charge in [-0.05, 0) is 31.2 Å². The summed E-state index contributed by atoms with van der Waals surface area (Å²) in [5.74, 6) is -0.461. The van der Waals surface area contributed by atoms with Gasteiger partial charge in [-0.25, -0.2) is 9.78 Å². The summed E-state index contributed by atoms with van der Waals surface area (Å²) in [4.78, 5) is 28.8. The highest BCUT2D eigenvalue weighted by Crippen LogP contribution is 2.21. The highest BCUT2D eigenvalue weighted by molar-refractivity contribution is 7.99. The van der Waals surface area contributed by atoms with Crippen LogP contribution >= 0.6 is 11.8 Å². The van der Waals surface area contributed by atoms with Crippen LogP contribution in [0.25, 0.3) is 10.9 Å². The molecule has 1 N–H and O–H groups in total. The predicted octanol–water partition coefficient (Wildman–Crippen LogP) is 4.14. The second-order valence-electron chi connectivity index (χ2n) is 5.45. The molecule has 26 heavy (non-hydrogen) atoms. The smallest absolute Gasteiger partial charge is 0.340 e. The number of ether oxygens (including phenoxy) is 1. The Morgan fingerprint density at radius 1 is 1.04 bits per heavy atom. The number of carbonyl (C=O) groups excluding carboxylic acids is 2. The van der Waals surface area contributed by atoms with Gasteiger partial charge >= 0.3 is 5.97 Å². The van der Waals surface area contributed by atoms with E-state index in [-0.39, 0.29) is 18.3 Å². The number of carbonyl (C=O) groups is 2. The molecule has 6 heteroatoms. The molecule has 0 aliphatic heterocycles. The lowest BCUT2D eigenvalue weighted by molar-refractivity contribution is -0.113. The quantitative estimate of drug-likeness (QED) is 0.524. The summed E-state index contributed by atoms with van der Waals surface area (Å²) in [7, 11) is 0. The van der Waals surface area contributed by atoms with Crippen molar-refractivity contribution in [3.63, 3.8) is 0 Å². The minimum Gasteiger partial charge on any atom is -0.462 e. The van der Waals surface area contributed by atoms with Crippen LogP contribution in [0.1, 0.15) is 17.3 Å². The fourth-order valence-corrected chi connectivity index (χ4v) is 3.11. The topological polar surface area (TPSA) is 68.3 Å². The highest BCUT2D eigenvalue weighted by Gasteiger charge is 2.14. The molecule has 0 unspecified atom stereocenters. The first kappa shape index (κ1) is 17.9. The molecule has 1 heterocycles. The molecule has 0 atom stereocenters. The standard InChI is InChI=1S/C20H18N2O3S/c1-2-25-20(24)15-8-4-6-10-17(15)21-18(23)13-26-19-12-11-14-7-3-5-9-16(14)22-19/h3-12H,2,13H2,1H3,(H,21,23). The SMILES string of the molecule is CCOC(=O)c1ccccc1NC(=O)CSc1ccc2ccccc2n1. The van der Waals surface area contributed by atoms with Gasteiger partial charge in [0.1, 0.15) is 0 Å². The number of hydrogen-bond donors (Lipinski definition) is 1. The van der Waals surface area contributed by atoms with Gasteiger partial charge in [-0.1, -0.05) is 48.2 Å². The molecule has 3 rings (SSSR count). The van der Waals surface area contributed by atoms with Crippen molar-refractivity contribution in [3.8, 4) is 0 Å². The number of aromatic nitrogens is 1. The zero-order valence-electron chi connectivity index (χ0n) is 14.3. The zero-order chi connectivity index (χ0) is 18.4. The maximum Gasteiger partial charge on any atom is 0.340 e. The monoisotopic (exact) mass is 366 g/mol. The van der Waals surface area contributed by atoms with Crippen molar-refractivity contribution in [2.75, 3.05) is 17.7 Å². The number of hydrogen-bond acceptors (Lipinski definition) is 5. The molecule has 0 aliphatic rings. The fourth-order valence-electron chi connectivity index (χ4n) is 2.43. The largest absolute Gasteiger partial charge is 0.462 e. The summed E-state index contributed by atoms with van der Waals surface area (Å²) in [6.45, 7) is 2.02. The number of nitrogens with zero attached hydrogens (tertiary/aromatic N) is 1. The first-order valence-corrected chi connectivity index (χ1v) is 9.20. The average Bonchev–Trinajstić information content (AvgIpc) is 2.67. The molecule has 0 aliphatic carbocycles. The van der Waals surface area contributed by atoms with Crippen molar-refractivity contribution in [3.05, 3.63) is 66.2 Å². The molecule has 1 amide bonds. The van der Waals surface area contributed by atoms with Gasteiger partial charge in [0.25, 0.3) is 0 Å². The Balaban J connectivity index is 1.64. The molecular formula is C20H18N2O3S. The number of fused-ring (bicyclic) bond motifs is 1. The van der Waals surface area contributed by atoms with Crippen LogP contribution in [-0.4, -0.2) is 29.2 Å². The van der Waals surface area contributed by atoms with E-state index in [1.165, 1.54) is 11.8 Å². The first-order chi connectivity index (χ1) is 12.7. The van der Waals surface area contributed by atoms with Crippen molar-refractivity contribution in [2.45, 2.75) is 11.9 Å². The third kappa shape index (κ3) is 4.40. The molecule has 0 spiro atoms. The average molecular weight is 366 g/mol. The normalized spacial score (nSPS) is 10.5. The van der Waals surface area contributed by atoms with Crippen LogP contribution in [-0.2, 0) is 9.53 Å². The van der Waals surface area contributed by atoms with E-state index in [9.17, 15) is 9.59 Å². The Labute approximate surface area is 155 Å². The Hall–Kier alpha value is -2.86. The number of nitrogens with one attached hydrogen (secondary N) is 1. The summed E-state index contributed by atoms with van der Waals surface area (Å²) >= 11 is 1.35. The zero-order valence-corrected chi connectivity index (χ0v) is 15.1.